The highest BCUT2D eigenvalue weighted by molar-refractivity contribution is 5.68. The molecule has 0 spiro atoms. The van der Waals surface area contributed by atoms with Crippen molar-refractivity contribution in [3.05, 3.63) is 30.5 Å². The third kappa shape index (κ3) is 2.25. The van der Waals surface area contributed by atoms with Gasteiger partial charge in [0.05, 0.1) is 12.8 Å². The Kier molecular flexibility index (Phi) is 2.95. The van der Waals surface area contributed by atoms with Crippen LogP contribution in [0, 0.1) is 0 Å². The zero-order valence-electron chi connectivity index (χ0n) is 9.03. The number of ether oxygens (including phenoxy) is 1. The van der Waals surface area contributed by atoms with Gasteiger partial charge in [-0.15, -0.1) is 0 Å². The zero-order valence-corrected chi connectivity index (χ0v) is 9.03. The quantitative estimate of drug-likeness (QED) is 0.734. The molecule has 0 atom stereocenters. The van der Waals surface area contributed by atoms with Crippen molar-refractivity contribution in [2.45, 2.75) is 6.92 Å². The van der Waals surface area contributed by atoms with Gasteiger partial charge in [-0.25, -0.2) is 0 Å². The van der Waals surface area contributed by atoms with E-state index in [1.807, 2.05) is 31.2 Å². The van der Waals surface area contributed by atoms with Crippen LogP contribution in [0.25, 0.3) is 0 Å². The minimum atomic E-state index is 0.522. The molecule has 4 N–H and O–H groups in total. The Morgan fingerprint density at radius 1 is 1.38 bits per heavy atom. The van der Waals surface area contributed by atoms with Gasteiger partial charge in [0.1, 0.15) is 17.3 Å². The number of nitrogen functional groups attached to an aromatic ring is 1. The minimum Gasteiger partial charge on any atom is -0.494 e. The summed E-state index contributed by atoms with van der Waals surface area (Å²) >= 11 is 0. The van der Waals surface area contributed by atoms with Gasteiger partial charge in [-0.3, -0.25) is 5.10 Å². The summed E-state index contributed by atoms with van der Waals surface area (Å²) < 4.78 is 5.35. The first-order valence-corrected chi connectivity index (χ1v) is 5.08. The van der Waals surface area contributed by atoms with Crippen LogP contribution >= 0.6 is 0 Å². The van der Waals surface area contributed by atoms with Gasteiger partial charge in [-0.1, -0.05) is 0 Å². The maximum atomic E-state index is 5.66. The lowest BCUT2D eigenvalue weighted by molar-refractivity contribution is 0.340. The van der Waals surface area contributed by atoms with Crippen LogP contribution in [-0.4, -0.2) is 16.8 Å². The smallest absolute Gasteiger partial charge is 0.143 e. The lowest BCUT2D eigenvalue weighted by atomic mass is 10.3. The molecule has 1 heterocycles. The monoisotopic (exact) mass is 218 g/mol. The van der Waals surface area contributed by atoms with E-state index in [9.17, 15) is 0 Å². The summed E-state index contributed by atoms with van der Waals surface area (Å²) in [6, 6.07) is 7.67. The molecule has 0 aliphatic rings. The van der Waals surface area contributed by atoms with Gasteiger partial charge >= 0.3 is 0 Å². The van der Waals surface area contributed by atoms with Gasteiger partial charge < -0.3 is 15.8 Å². The molecule has 1 aromatic carbocycles. The summed E-state index contributed by atoms with van der Waals surface area (Å²) in [5.41, 5.74) is 7.37. The van der Waals surface area contributed by atoms with Crippen molar-refractivity contribution < 1.29 is 4.74 Å². The SMILES string of the molecule is CCOc1ccc(Nc2cn[nH]c2N)cc1. The van der Waals surface area contributed by atoms with Gasteiger partial charge in [0.15, 0.2) is 0 Å². The second kappa shape index (κ2) is 4.57. The largest absolute Gasteiger partial charge is 0.494 e. The summed E-state index contributed by atoms with van der Waals surface area (Å²) in [5.74, 6) is 1.38. The van der Waals surface area contributed by atoms with Crippen molar-refractivity contribution >= 4 is 17.2 Å². The van der Waals surface area contributed by atoms with E-state index in [4.69, 9.17) is 10.5 Å². The van der Waals surface area contributed by atoms with Crippen LogP contribution in [0.2, 0.25) is 0 Å². The fourth-order valence-corrected chi connectivity index (χ4v) is 1.35. The Bertz CT molecular complexity index is 449. The number of anilines is 3. The summed E-state index contributed by atoms with van der Waals surface area (Å²) in [4.78, 5) is 0. The van der Waals surface area contributed by atoms with Crippen LogP contribution in [-0.2, 0) is 0 Å². The molecule has 84 valence electrons. The standard InChI is InChI=1S/C11H14N4O/c1-2-16-9-5-3-8(4-6-9)14-10-7-13-15-11(10)12/h3-7,14H,2H2,1H3,(H3,12,13,15). The molecule has 0 saturated heterocycles. The molecule has 16 heavy (non-hydrogen) atoms. The van der Waals surface area contributed by atoms with Gasteiger partial charge in [0.2, 0.25) is 0 Å². The molecule has 5 heteroatoms. The Morgan fingerprint density at radius 3 is 2.69 bits per heavy atom. The highest BCUT2D eigenvalue weighted by atomic mass is 16.5. The predicted octanol–water partition coefficient (Wildman–Crippen LogP) is 2.13. The number of rotatable bonds is 4. The van der Waals surface area contributed by atoms with Crippen LogP contribution in [0.1, 0.15) is 6.92 Å². The molecule has 2 rings (SSSR count). The van der Waals surface area contributed by atoms with Gasteiger partial charge in [0.25, 0.3) is 0 Å². The van der Waals surface area contributed by atoms with E-state index < -0.39 is 0 Å². The van der Waals surface area contributed by atoms with Crippen LogP contribution in [0.4, 0.5) is 17.2 Å². The number of benzene rings is 1. The van der Waals surface area contributed by atoms with Crippen LogP contribution in [0.15, 0.2) is 30.5 Å². The molecule has 0 bridgehead atoms. The van der Waals surface area contributed by atoms with E-state index in [1.165, 1.54) is 0 Å². The molecule has 0 aliphatic carbocycles. The second-order valence-corrected chi connectivity index (χ2v) is 3.28. The van der Waals surface area contributed by atoms with Crippen molar-refractivity contribution in [3.63, 3.8) is 0 Å². The van der Waals surface area contributed by atoms with Crippen molar-refractivity contribution in [1.29, 1.82) is 0 Å². The molecule has 0 fully saturated rings. The molecule has 1 aromatic heterocycles. The Hall–Kier alpha value is -2.17. The van der Waals surface area contributed by atoms with E-state index in [2.05, 4.69) is 15.5 Å². The second-order valence-electron chi connectivity index (χ2n) is 3.28. The molecule has 0 amide bonds. The third-order valence-corrected chi connectivity index (χ3v) is 2.11. The normalized spacial score (nSPS) is 10.1. The Morgan fingerprint density at radius 2 is 2.12 bits per heavy atom. The van der Waals surface area contributed by atoms with Gasteiger partial charge in [-0.2, -0.15) is 5.10 Å². The maximum absolute atomic E-state index is 5.66. The predicted molar refractivity (Wildman–Crippen MR) is 63.9 cm³/mol. The molecule has 0 aliphatic heterocycles. The van der Waals surface area contributed by atoms with Crippen molar-refractivity contribution in [2.75, 3.05) is 17.7 Å². The van der Waals surface area contributed by atoms with Crippen molar-refractivity contribution in [1.82, 2.24) is 10.2 Å². The molecule has 5 nitrogen and oxygen atoms in total. The molecule has 0 radical (unpaired) electrons. The molecule has 2 aromatic rings. The van der Waals surface area contributed by atoms with E-state index in [0.717, 1.165) is 17.1 Å². The highest BCUT2D eigenvalue weighted by Gasteiger charge is 2.01. The lowest BCUT2D eigenvalue weighted by Crippen LogP contribution is -1.95. The number of hydrogen-bond donors (Lipinski definition) is 3. The number of nitrogens with one attached hydrogen (secondary N) is 2. The van der Waals surface area contributed by atoms with Gasteiger partial charge in [-0.05, 0) is 31.2 Å². The molecule has 0 unspecified atom stereocenters. The third-order valence-electron chi connectivity index (χ3n) is 2.11. The van der Waals surface area contributed by atoms with E-state index >= 15 is 0 Å². The summed E-state index contributed by atoms with van der Waals surface area (Å²) in [5, 5.41) is 9.64. The number of H-pyrrole nitrogens is 1. The number of aromatic amines is 1. The van der Waals surface area contributed by atoms with Crippen molar-refractivity contribution in [3.8, 4) is 5.75 Å². The fourth-order valence-electron chi connectivity index (χ4n) is 1.35. The van der Waals surface area contributed by atoms with E-state index in [-0.39, 0.29) is 0 Å². The van der Waals surface area contributed by atoms with Crippen LogP contribution < -0.4 is 15.8 Å². The molecular formula is C11H14N4O. The lowest BCUT2D eigenvalue weighted by Gasteiger charge is -2.06. The topological polar surface area (TPSA) is 76.0 Å². The number of aromatic nitrogens is 2. The average Bonchev–Trinajstić information content (AvgIpc) is 2.68. The highest BCUT2D eigenvalue weighted by Crippen LogP contribution is 2.22. The van der Waals surface area contributed by atoms with E-state index in [0.29, 0.717) is 12.4 Å². The Labute approximate surface area is 93.6 Å². The number of nitrogens with two attached hydrogens (primary N) is 1. The number of nitrogens with zero attached hydrogens (tertiary/aromatic N) is 1. The summed E-state index contributed by atoms with van der Waals surface area (Å²) in [6.07, 6.45) is 1.64. The first-order valence-electron chi connectivity index (χ1n) is 5.08. The van der Waals surface area contributed by atoms with Crippen molar-refractivity contribution in [2.24, 2.45) is 0 Å². The maximum Gasteiger partial charge on any atom is 0.143 e. The summed E-state index contributed by atoms with van der Waals surface area (Å²) in [6.45, 7) is 2.62. The first kappa shape index (κ1) is 10.4. The van der Waals surface area contributed by atoms with E-state index in [1.54, 1.807) is 6.20 Å². The van der Waals surface area contributed by atoms with Crippen LogP contribution in [0.5, 0.6) is 5.75 Å². The Balaban J connectivity index is 2.08. The molecular weight excluding hydrogens is 204 g/mol. The number of hydrogen-bond acceptors (Lipinski definition) is 4. The van der Waals surface area contributed by atoms with Crippen LogP contribution in [0.3, 0.4) is 0 Å². The molecule has 0 saturated carbocycles. The zero-order chi connectivity index (χ0) is 11.4. The fraction of sp³-hybridized carbons (Fsp3) is 0.182. The summed E-state index contributed by atoms with van der Waals surface area (Å²) in [7, 11) is 0. The first-order chi connectivity index (χ1) is 7.79. The van der Waals surface area contributed by atoms with Gasteiger partial charge in [0, 0.05) is 5.69 Å². The average molecular weight is 218 g/mol. The minimum absolute atomic E-state index is 0.522.